The molecule has 1 aromatic heterocycles. The standard InChI is InChI=1S/C37H55N5O7S/c1-21(2)29(42(9)36(46)31(22(3)4)39-33(44)28-16-13-17-41(28)8)20-30(49-25(7)43)35-40-32(24(6)50-35)34(45)38-27(18-23(5)37(47)48)19-26-14-11-10-12-15-26/h10-12,14-15,21-23,27-31H,13,16-20H2,1-9H3,(H,38,45)(H,39,44)(H,47,48)/t23?,27?,28-,29?,30?,31?/m1/s1. The van der Waals surface area contributed by atoms with Crippen LogP contribution in [0.2, 0.25) is 0 Å². The van der Waals surface area contributed by atoms with Gasteiger partial charge in [0.2, 0.25) is 11.8 Å². The smallest absolute Gasteiger partial charge is 0.306 e. The molecule has 0 spiro atoms. The van der Waals surface area contributed by atoms with Gasteiger partial charge in [-0.2, -0.15) is 0 Å². The van der Waals surface area contributed by atoms with Gasteiger partial charge in [-0.15, -0.1) is 11.3 Å². The molecule has 1 aliphatic heterocycles. The third-order valence-corrected chi connectivity index (χ3v) is 10.5. The molecule has 276 valence electrons. The van der Waals surface area contributed by atoms with Gasteiger partial charge in [0, 0.05) is 37.4 Å². The molecule has 3 rings (SSSR count). The fourth-order valence-electron chi connectivity index (χ4n) is 6.52. The summed E-state index contributed by atoms with van der Waals surface area (Å²) >= 11 is 1.24. The van der Waals surface area contributed by atoms with Crippen LogP contribution in [0.5, 0.6) is 0 Å². The van der Waals surface area contributed by atoms with Crippen LogP contribution < -0.4 is 10.6 Å². The number of carbonyl (C=O) groups is 5. The number of carboxylic acid groups (broad SMARTS) is 1. The van der Waals surface area contributed by atoms with Crippen molar-refractivity contribution in [2.45, 2.75) is 111 Å². The summed E-state index contributed by atoms with van der Waals surface area (Å²) in [5.41, 5.74) is 1.14. The Hall–Kier alpha value is -3.84. The Kier molecular flexibility index (Phi) is 14.9. The Bertz CT molecular complexity index is 1480. The molecule has 12 nitrogen and oxygen atoms in total. The molecule has 0 aliphatic carbocycles. The van der Waals surface area contributed by atoms with E-state index >= 15 is 0 Å². The molecule has 0 bridgehead atoms. The van der Waals surface area contributed by atoms with Crippen molar-refractivity contribution in [1.29, 1.82) is 0 Å². The first-order valence-corrected chi connectivity index (χ1v) is 18.3. The lowest BCUT2D eigenvalue weighted by Crippen LogP contribution is -2.56. The number of nitrogens with one attached hydrogen (secondary N) is 2. The van der Waals surface area contributed by atoms with Gasteiger partial charge in [0.05, 0.1) is 12.0 Å². The second-order valence-corrected chi connectivity index (χ2v) is 15.5. The number of likely N-dealkylation sites (tertiary alicyclic amines) is 1. The second-order valence-electron chi connectivity index (χ2n) is 14.3. The zero-order valence-electron chi connectivity index (χ0n) is 30.9. The molecule has 1 fully saturated rings. The van der Waals surface area contributed by atoms with Gasteiger partial charge in [0.25, 0.3) is 5.91 Å². The summed E-state index contributed by atoms with van der Waals surface area (Å²) in [6.07, 6.45) is 1.74. The number of aliphatic carboxylic acids is 1. The average molecular weight is 714 g/mol. The molecule has 1 aliphatic rings. The largest absolute Gasteiger partial charge is 0.481 e. The third-order valence-electron chi connectivity index (χ3n) is 9.46. The molecule has 0 radical (unpaired) electrons. The molecular weight excluding hydrogens is 659 g/mol. The van der Waals surface area contributed by atoms with E-state index in [1.54, 1.807) is 25.8 Å². The highest BCUT2D eigenvalue weighted by atomic mass is 32.1. The maximum atomic E-state index is 14.0. The van der Waals surface area contributed by atoms with Gasteiger partial charge in [-0.05, 0) is 63.6 Å². The lowest BCUT2D eigenvalue weighted by molar-refractivity contribution is -0.149. The lowest BCUT2D eigenvalue weighted by atomic mass is 9.94. The van der Waals surface area contributed by atoms with Crippen LogP contribution in [0.1, 0.15) is 99.3 Å². The van der Waals surface area contributed by atoms with E-state index in [0.717, 1.165) is 24.9 Å². The molecule has 6 atom stereocenters. The van der Waals surface area contributed by atoms with E-state index in [4.69, 9.17) is 4.74 Å². The van der Waals surface area contributed by atoms with Crippen molar-refractivity contribution in [2.75, 3.05) is 20.6 Å². The number of esters is 1. The molecule has 50 heavy (non-hydrogen) atoms. The number of likely N-dealkylation sites (N-methyl/N-ethyl adjacent to an activating group) is 2. The molecule has 13 heteroatoms. The summed E-state index contributed by atoms with van der Waals surface area (Å²) in [6.45, 7) is 13.3. The molecule has 2 aromatic rings. The number of aryl methyl sites for hydroxylation is 1. The Morgan fingerprint density at radius 2 is 1.70 bits per heavy atom. The highest BCUT2D eigenvalue weighted by Gasteiger charge is 2.37. The Morgan fingerprint density at radius 3 is 2.24 bits per heavy atom. The molecule has 3 N–H and O–H groups in total. The summed E-state index contributed by atoms with van der Waals surface area (Å²) in [5, 5.41) is 16.0. The number of hydrogen-bond donors (Lipinski definition) is 3. The second kappa shape index (κ2) is 18.4. The van der Waals surface area contributed by atoms with Crippen LogP contribution in [-0.4, -0.2) is 94.4 Å². The highest BCUT2D eigenvalue weighted by molar-refractivity contribution is 7.12. The molecule has 2 heterocycles. The van der Waals surface area contributed by atoms with E-state index < -0.39 is 48.0 Å². The zero-order chi connectivity index (χ0) is 37.3. The highest BCUT2D eigenvalue weighted by Crippen LogP contribution is 2.33. The van der Waals surface area contributed by atoms with Crippen LogP contribution in [0.4, 0.5) is 0 Å². The summed E-state index contributed by atoms with van der Waals surface area (Å²) in [5.74, 6) is -3.19. The molecule has 5 unspecified atom stereocenters. The van der Waals surface area contributed by atoms with Crippen molar-refractivity contribution in [2.24, 2.45) is 17.8 Å². The summed E-state index contributed by atoms with van der Waals surface area (Å²) < 4.78 is 5.78. The van der Waals surface area contributed by atoms with Crippen molar-refractivity contribution in [3.8, 4) is 0 Å². The van der Waals surface area contributed by atoms with E-state index in [1.807, 2.05) is 70.0 Å². The number of benzene rings is 1. The van der Waals surface area contributed by atoms with Crippen molar-refractivity contribution < 1.29 is 33.8 Å². The van der Waals surface area contributed by atoms with Crippen LogP contribution in [0.25, 0.3) is 0 Å². The van der Waals surface area contributed by atoms with Crippen LogP contribution in [0.3, 0.4) is 0 Å². The number of amides is 3. The molecular formula is C37H55N5O7S. The van der Waals surface area contributed by atoms with Gasteiger partial charge in [0.15, 0.2) is 6.10 Å². The number of rotatable bonds is 17. The van der Waals surface area contributed by atoms with E-state index in [9.17, 15) is 29.1 Å². The van der Waals surface area contributed by atoms with E-state index in [2.05, 4.69) is 15.6 Å². The first kappa shape index (κ1) is 40.6. The maximum Gasteiger partial charge on any atom is 0.306 e. The van der Waals surface area contributed by atoms with E-state index in [-0.39, 0.29) is 48.2 Å². The minimum absolute atomic E-state index is 0.0507. The van der Waals surface area contributed by atoms with Crippen molar-refractivity contribution in [1.82, 2.24) is 25.4 Å². The van der Waals surface area contributed by atoms with Gasteiger partial charge in [-0.25, -0.2) is 4.98 Å². The van der Waals surface area contributed by atoms with Crippen LogP contribution >= 0.6 is 11.3 Å². The van der Waals surface area contributed by atoms with Crippen molar-refractivity contribution >= 4 is 41.0 Å². The number of ether oxygens (including phenoxy) is 1. The predicted molar refractivity (Wildman–Crippen MR) is 193 cm³/mol. The molecule has 1 aromatic carbocycles. The fraction of sp³-hybridized carbons (Fsp3) is 0.622. The number of carbonyl (C=O) groups excluding carboxylic acids is 4. The maximum absolute atomic E-state index is 14.0. The van der Waals surface area contributed by atoms with Gasteiger partial charge in [-0.1, -0.05) is 65.0 Å². The quantitative estimate of drug-likeness (QED) is 0.199. The number of hydrogen-bond acceptors (Lipinski definition) is 9. The number of nitrogens with zero attached hydrogens (tertiary/aromatic N) is 3. The number of carboxylic acids is 1. The first-order chi connectivity index (χ1) is 23.5. The Morgan fingerprint density at radius 1 is 1.04 bits per heavy atom. The number of thiazole rings is 1. The van der Waals surface area contributed by atoms with Crippen LogP contribution in [0, 0.1) is 24.7 Å². The summed E-state index contributed by atoms with van der Waals surface area (Å²) in [6, 6.07) is 7.68. The minimum Gasteiger partial charge on any atom is -0.481 e. The van der Waals surface area contributed by atoms with E-state index in [0.29, 0.717) is 16.3 Å². The van der Waals surface area contributed by atoms with Crippen LogP contribution in [0.15, 0.2) is 30.3 Å². The Labute approximate surface area is 300 Å². The lowest BCUT2D eigenvalue weighted by Gasteiger charge is -2.37. The monoisotopic (exact) mass is 713 g/mol. The third kappa shape index (κ3) is 11.1. The Balaban J connectivity index is 1.84. The summed E-state index contributed by atoms with van der Waals surface area (Å²) in [7, 11) is 3.62. The normalized spacial score (nSPS) is 17.9. The molecule has 3 amide bonds. The van der Waals surface area contributed by atoms with Gasteiger partial charge >= 0.3 is 11.9 Å². The average Bonchev–Trinajstić information content (AvgIpc) is 3.66. The SMILES string of the molecule is CC(=O)OC(CC(C(C)C)N(C)C(=O)C(NC(=O)[C@H]1CCCN1C)C(C)C)c1nc(C(=O)NC(Cc2ccccc2)CC(C)C(=O)O)c(C)s1. The number of aromatic nitrogens is 1. The first-order valence-electron chi connectivity index (χ1n) is 17.5. The van der Waals surface area contributed by atoms with Crippen LogP contribution in [-0.2, 0) is 30.3 Å². The fourth-order valence-corrected chi connectivity index (χ4v) is 7.48. The predicted octanol–water partition coefficient (Wildman–Crippen LogP) is 4.62. The molecule has 1 saturated heterocycles. The summed E-state index contributed by atoms with van der Waals surface area (Å²) in [4.78, 5) is 73.7. The van der Waals surface area contributed by atoms with Gasteiger partial charge < -0.3 is 25.4 Å². The van der Waals surface area contributed by atoms with Crippen molar-refractivity contribution in [3.63, 3.8) is 0 Å². The van der Waals surface area contributed by atoms with Crippen molar-refractivity contribution in [3.05, 3.63) is 51.5 Å². The van der Waals surface area contributed by atoms with E-state index in [1.165, 1.54) is 18.3 Å². The van der Waals surface area contributed by atoms with Gasteiger partial charge in [0.1, 0.15) is 16.7 Å². The topological polar surface area (TPSA) is 158 Å². The zero-order valence-corrected chi connectivity index (χ0v) is 31.7. The minimum atomic E-state index is -0.944. The van der Waals surface area contributed by atoms with Gasteiger partial charge in [-0.3, -0.25) is 28.9 Å². The molecule has 0 saturated carbocycles.